The van der Waals surface area contributed by atoms with E-state index < -0.39 is 30.8 Å². The van der Waals surface area contributed by atoms with Gasteiger partial charge in [0, 0.05) is 13.1 Å². The third-order valence-electron chi connectivity index (χ3n) is 3.25. The number of carboxylic acids is 1. The largest absolute Gasteiger partial charge is 0.495 e. The first-order valence-electron chi connectivity index (χ1n) is 6.50. The van der Waals surface area contributed by atoms with E-state index in [1.165, 1.54) is 0 Å². The zero-order valence-electron chi connectivity index (χ0n) is 11.5. The van der Waals surface area contributed by atoms with Crippen LogP contribution in [0.25, 0.3) is 0 Å². The molecule has 0 aromatic carbocycles. The minimum absolute atomic E-state index is 0.235. The van der Waals surface area contributed by atoms with E-state index in [4.69, 9.17) is 26.4 Å². The minimum atomic E-state index is -1.24. The number of aliphatic carboxylic acids is 1. The van der Waals surface area contributed by atoms with Crippen LogP contribution in [0.5, 0.6) is 0 Å². The molecule has 7 N–H and O–H groups in total. The van der Waals surface area contributed by atoms with Crippen LogP contribution in [0.2, 0.25) is 0 Å². The fourth-order valence-corrected chi connectivity index (χ4v) is 1.79. The predicted octanol–water partition coefficient (Wildman–Crippen LogP) is -2.44. The lowest BCUT2D eigenvalue weighted by Crippen LogP contribution is -2.56. The highest BCUT2D eigenvalue weighted by Gasteiger charge is 2.32. The lowest BCUT2D eigenvalue weighted by molar-refractivity contribution is -0.134. The molecule has 9 nitrogen and oxygen atoms in total. The zero-order chi connectivity index (χ0) is 16.0. The quantitative estimate of drug-likeness (QED) is 0.232. The van der Waals surface area contributed by atoms with Crippen molar-refractivity contribution in [1.82, 2.24) is 4.90 Å². The average Bonchev–Trinajstić information content (AvgIpc) is 2.37. The number of ether oxygens (including phenoxy) is 1. The fraction of sp³-hybridized carbons (Fsp3) is 0.667. The summed E-state index contributed by atoms with van der Waals surface area (Å²) in [7, 11) is 0. The number of carbonyl (C=O) groups excluding carboxylic acids is 1. The number of likely N-dealkylation sites (tertiary alicyclic amines) is 1. The number of nitrogens with zero attached hydrogens (tertiary/aromatic N) is 1. The number of primary amides is 1. The van der Waals surface area contributed by atoms with Gasteiger partial charge in [0.1, 0.15) is 12.3 Å². The number of hydrogen-bond donors (Lipinski definition) is 5. The molecule has 0 aliphatic carbocycles. The van der Waals surface area contributed by atoms with Gasteiger partial charge in [-0.05, 0) is 12.8 Å². The molecule has 1 amide bonds. The summed E-state index contributed by atoms with van der Waals surface area (Å²) in [5, 5.41) is 27.3. The molecule has 0 radical (unpaired) electrons. The second-order valence-electron chi connectivity index (χ2n) is 4.89. The van der Waals surface area contributed by atoms with Crippen molar-refractivity contribution < 1.29 is 29.6 Å². The molecule has 1 fully saturated rings. The monoisotopic (exact) mass is 303 g/mol. The molecule has 9 heteroatoms. The predicted molar refractivity (Wildman–Crippen MR) is 71.7 cm³/mol. The van der Waals surface area contributed by atoms with E-state index >= 15 is 0 Å². The highest BCUT2D eigenvalue weighted by atomic mass is 16.5. The molecule has 2 unspecified atom stereocenters. The summed E-state index contributed by atoms with van der Waals surface area (Å²) in [4.78, 5) is 23.1. The van der Waals surface area contributed by atoms with E-state index in [1.54, 1.807) is 4.90 Å². The first-order valence-corrected chi connectivity index (χ1v) is 6.50. The zero-order valence-corrected chi connectivity index (χ0v) is 11.5. The van der Waals surface area contributed by atoms with E-state index in [9.17, 15) is 14.7 Å². The summed E-state index contributed by atoms with van der Waals surface area (Å²) >= 11 is 0. The number of amides is 1. The standard InChI is InChI=1S/C12H21N3O6/c13-9(11(14)18)1-2-10(17)15-3-8(4-15)21-6-7(5-16)12(19)20/h6,8-10,16-17H,1-5,13H2,(H2,14,18)(H,19,20)/b7-6-. The molecule has 0 aromatic rings. The first kappa shape index (κ1) is 17.4. The van der Waals surface area contributed by atoms with Crippen molar-refractivity contribution in [1.29, 1.82) is 0 Å². The number of aliphatic hydroxyl groups is 2. The molecular weight excluding hydrogens is 282 g/mol. The number of carboxylic acid groups (broad SMARTS) is 1. The van der Waals surface area contributed by atoms with Gasteiger partial charge < -0.3 is 31.5 Å². The normalized spacial score (nSPS) is 19.7. The molecule has 1 saturated heterocycles. The summed E-state index contributed by atoms with van der Waals surface area (Å²) in [6.45, 7) is 0.225. The molecule has 0 bridgehead atoms. The highest BCUT2D eigenvalue weighted by Crippen LogP contribution is 2.18. The highest BCUT2D eigenvalue weighted by molar-refractivity contribution is 5.86. The second kappa shape index (κ2) is 7.93. The lowest BCUT2D eigenvalue weighted by Gasteiger charge is -2.41. The Kier molecular flexibility index (Phi) is 6.56. The molecule has 1 heterocycles. The van der Waals surface area contributed by atoms with Crippen LogP contribution >= 0.6 is 0 Å². The fourth-order valence-electron chi connectivity index (χ4n) is 1.79. The summed E-state index contributed by atoms with van der Waals surface area (Å²) < 4.78 is 5.18. The van der Waals surface area contributed by atoms with E-state index in [-0.39, 0.29) is 18.1 Å². The van der Waals surface area contributed by atoms with Crippen molar-refractivity contribution >= 4 is 11.9 Å². The molecule has 2 atom stereocenters. The third kappa shape index (κ3) is 5.31. The lowest BCUT2D eigenvalue weighted by atomic mass is 10.1. The molecule has 0 saturated carbocycles. The summed E-state index contributed by atoms with van der Waals surface area (Å²) in [6.07, 6.45) is 0.608. The van der Waals surface area contributed by atoms with Crippen molar-refractivity contribution in [2.24, 2.45) is 11.5 Å². The Hall–Kier alpha value is -1.68. The summed E-state index contributed by atoms with van der Waals surface area (Å²) in [5.74, 6) is -1.85. The number of carbonyl (C=O) groups is 2. The average molecular weight is 303 g/mol. The van der Waals surface area contributed by atoms with Crippen molar-refractivity contribution in [2.45, 2.75) is 31.2 Å². The van der Waals surface area contributed by atoms with Gasteiger partial charge >= 0.3 is 5.97 Å². The van der Waals surface area contributed by atoms with Gasteiger partial charge in [0.25, 0.3) is 0 Å². The molecule has 21 heavy (non-hydrogen) atoms. The molecule has 0 spiro atoms. The molecule has 120 valence electrons. The van der Waals surface area contributed by atoms with Gasteiger partial charge in [0.2, 0.25) is 5.91 Å². The van der Waals surface area contributed by atoms with Gasteiger partial charge in [-0.1, -0.05) is 0 Å². The number of hydrogen-bond acceptors (Lipinski definition) is 7. The molecule has 0 aromatic heterocycles. The maximum atomic E-state index is 10.8. The van der Waals surface area contributed by atoms with Crippen LogP contribution in [0.15, 0.2) is 11.8 Å². The summed E-state index contributed by atoms with van der Waals surface area (Å²) in [5.41, 5.74) is 10.2. The van der Waals surface area contributed by atoms with E-state index in [1.807, 2.05) is 0 Å². The van der Waals surface area contributed by atoms with Crippen molar-refractivity contribution in [3.63, 3.8) is 0 Å². The minimum Gasteiger partial charge on any atom is -0.495 e. The van der Waals surface area contributed by atoms with Gasteiger partial charge in [0.05, 0.1) is 24.5 Å². The van der Waals surface area contributed by atoms with Gasteiger partial charge in [-0.3, -0.25) is 9.69 Å². The number of aliphatic hydroxyl groups excluding tert-OH is 2. The van der Waals surface area contributed by atoms with Crippen LogP contribution in [0, 0.1) is 0 Å². The Morgan fingerprint density at radius 2 is 2.00 bits per heavy atom. The van der Waals surface area contributed by atoms with Gasteiger partial charge in [0.15, 0.2) is 0 Å². The molecular formula is C12H21N3O6. The van der Waals surface area contributed by atoms with Crippen LogP contribution in [-0.2, 0) is 14.3 Å². The first-order chi connectivity index (χ1) is 9.85. The van der Waals surface area contributed by atoms with Crippen LogP contribution < -0.4 is 11.5 Å². The van der Waals surface area contributed by atoms with Crippen LogP contribution in [0.3, 0.4) is 0 Å². The van der Waals surface area contributed by atoms with E-state index in [2.05, 4.69) is 0 Å². The van der Waals surface area contributed by atoms with Crippen molar-refractivity contribution in [3.05, 3.63) is 11.8 Å². The van der Waals surface area contributed by atoms with Gasteiger partial charge in [-0.15, -0.1) is 0 Å². The van der Waals surface area contributed by atoms with Crippen LogP contribution in [-0.4, -0.2) is 70.2 Å². The molecule has 1 rings (SSSR count). The maximum absolute atomic E-state index is 10.8. The number of rotatable bonds is 9. The Morgan fingerprint density at radius 1 is 1.38 bits per heavy atom. The topological polar surface area (TPSA) is 159 Å². The van der Waals surface area contributed by atoms with Gasteiger partial charge in [-0.2, -0.15) is 0 Å². The third-order valence-corrected chi connectivity index (χ3v) is 3.25. The summed E-state index contributed by atoms with van der Waals surface area (Å²) in [6, 6.07) is -0.779. The van der Waals surface area contributed by atoms with E-state index in [0.717, 1.165) is 6.26 Å². The van der Waals surface area contributed by atoms with Crippen molar-refractivity contribution in [3.8, 4) is 0 Å². The Balaban J connectivity index is 2.26. The Morgan fingerprint density at radius 3 is 2.48 bits per heavy atom. The Bertz CT molecular complexity index is 408. The van der Waals surface area contributed by atoms with Crippen molar-refractivity contribution in [2.75, 3.05) is 19.7 Å². The van der Waals surface area contributed by atoms with E-state index in [0.29, 0.717) is 19.5 Å². The SMILES string of the molecule is NC(=O)C(N)CCC(O)N1CC(O/C=C(/CO)C(=O)O)C1. The maximum Gasteiger partial charge on any atom is 0.337 e. The van der Waals surface area contributed by atoms with Crippen LogP contribution in [0.1, 0.15) is 12.8 Å². The molecule has 1 aliphatic rings. The second-order valence-corrected chi connectivity index (χ2v) is 4.89. The van der Waals surface area contributed by atoms with Crippen LogP contribution in [0.4, 0.5) is 0 Å². The smallest absolute Gasteiger partial charge is 0.337 e. The van der Waals surface area contributed by atoms with Gasteiger partial charge in [-0.25, -0.2) is 4.79 Å². The number of nitrogens with two attached hydrogens (primary N) is 2. The Labute approximate surface area is 121 Å². The molecule has 1 aliphatic heterocycles.